The summed E-state index contributed by atoms with van der Waals surface area (Å²) in [6.07, 6.45) is 1.21. The van der Waals surface area contributed by atoms with Gasteiger partial charge in [0, 0.05) is 17.7 Å². The minimum absolute atomic E-state index is 0.0264. The van der Waals surface area contributed by atoms with Gasteiger partial charge in [-0.05, 0) is 75.4 Å². The van der Waals surface area contributed by atoms with Crippen LogP contribution in [0.3, 0.4) is 0 Å². The van der Waals surface area contributed by atoms with E-state index in [0.29, 0.717) is 30.5 Å². The van der Waals surface area contributed by atoms with Gasteiger partial charge in [0.05, 0.1) is 30.4 Å². The van der Waals surface area contributed by atoms with Crippen molar-refractivity contribution in [2.45, 2.75) is 70.7 Å². The van der Waals surface area contributed by atoms with Crippen LogP contribution in [0.2, 0.25) is 0 Å². The third-order valence-corrected chi connectivity index (χ3v) is 8.38. The molecule has 6 nitrogen and oxygen atoms in total. The van der Waals surface area contributed by atoms with Crippen molar-refractivity contribution in [3.8, 4) is 5.75 Å². The maximum Gasteiger partial charge on any atom is 0.416 e. The maximum atomic E-state index is 13.5. The molecule has 1 amide bonds. The Bertz CT molecular complexity index is 1150. The first-order valence-electron chi connectivity index (χ1n) is 12.8. The van der Waals surface area contributed by atoms with Crippen LogP contribution in [-0.4, -0.2) is 54.8 Å². The molecule has 0 aliphatic carbocycles. The lowest BCUT2D eigenvalue weighted by molar-refractivity contribution is -0.137. The summed E-state index contributed by atoms with van der Waals surface area (Å²) in [7, 11) is 2.06. The number of thiazole rings is 1. The Balaban J connectivity index is 1.66. The number of carbonyl (C=O) groups is 1. The van der Waals surface area contributed by atoms with Crippen molar-refractivity contribution in [2.75, 3.05) is 33.4 Å². The number of rotatable bonds is 6. The van der Waals surface area contributed by atoms with Gasteiger partial charge >= 0.3 is 6.18 Å². The number of piperidine rings is 1. The van der Waals surface area contributed by atoms with Gasteiger partial charge in [-0.25, -0.2) is 0 Å². The molecule has 0 saturated carbocycles. The van der Waals surface area contributed by atoms with Crippen molar-refractivity contribution in [2.24, 2.45) is 10.9 Å². The molecule has 0 radical (unpaired) electrons. The van der Waals surface area contributed by atoms with Crippen LogP contribution in [0.25, 0.3) is 0 Å². The first-order chi connectivity index (χ1) is 17.4. The summed E-state index contributed by atoms with van der Waals surface area (Å²) in [5.74, 6) is -0.314. The van der Waals surface area contributed by atoms with Gasteiger partial charge < -0.3 is 18.9 Å². The summed E-state index contributed by atoms with van der Waals surface area (Å²) >= 11 is 1.38. The highest BCUT2D eigenvalue weighted by Crippen LogP contribution is 2.33. The van der Waals surface area contributed by atoms with Crippen LogP contribution < -0.4 is 9.54 Å². The summed E-state index contributed by atoms with van der Waals surface area (Å²) in [5, 5.41) is 0. The molecule has 2 saturated heterocycles. The summed E-state index contributed by atoms with van der Waals surface area (Å²) in [6, 6.07) is 3.07. The highest BCUT2D eigenvalue weighted by molar-refractivity contribution is 7.09. The summed E-state index contributed by atoms with van der Waals surface area (Å²) in [5.41, 5.74) is -1.23. The van der Waals surface area contributed by atoms with Crippen LogP contribution in [0, 0.1) is 5.92 Å². The van der Waals surface area contributed by atoms with Gasteiger partial charge in [-0.2, -0.15) is 18.2 Å². The minimum atomic E-state index is -4.58. The molecule has 1 aromatic heterocycles. The molecule has 10 heteroatoms. The third-order valence-electron chi connectivity index (χ3n) is 6.93. The van der Waals surface area contributed by atoms with Gasteiger partial charge in [-0.1, -0.05) is 20.8 Å². The van der Waals surface area contributed by atoms with E-state index in [0.717, 1.165) is 55.8 Å². The Morgan fingerprint density at radius 2 is 1.92 bits per heavy atom. The van der Waals surface area contributed by atoms with E-state index in [9.17, 15) is 18.0 Å². The second kappa shape index (κ2) is 11.3. The summed E-state index contributed by atoms with van der Waals surface area (Å²) < 4.78 is 54.2. The van der Waals surface area contributed by atoms with Crippen LogP contribution in [0.4, 0.5) is 13.2 Å². The molecule has 2 aliphatic rings. The zero-order valence-electron chi connectivity index (χ0n) is 21.9. The SMILES string of the molecule is CN1CCC(COc2ccc(C(F)(F)F)cc2C(=O)/N=c2\sc(C(C)(C)C)cn2C[C@H]2CCCO2)CC1. The van der Waals surface area contributed by atoms with Gasteiger partial charge in [0.2, 0.25) is 0 Å². The van der Waals surface area contributed by atoms with Crippen molar-refractivity contribution in [3.05, 3.63) is 45.2 Å². The Labute approximate surface area is 220 Å². The number of carbonyl (C=O) groups excluding carboxylic acids is 1. The highest BCUT2D eigenvalue weighted by atomic mass is 32.1. The molecule has 2 aromatic rings. The zero-order chi connectivity index (χ0) is 26.8. The number of ether oxygens (including phenoxy) is 2. The number of alkyl halides is 3. The normalized spacial score (nSPS) is 20.5. The van der Waals surface area contributed by atoms with E-state index in [1.807, 2.05) is 10.8 Å². The largest absolute Gasteiger partial charge is 0.492 e. The fourth-order valence-electron chi connectivity index (χ4n) is 4.54. The van der Waals surface area contributed by atoms with Gasteiger partial charge in [-0.15, -0.1) is 11.3 Å². The lowest BCUT2D eigenvalue weighted by Crippen LogP contribution is -2.32. The molecule has 0 N–H and O–H groups in total. The monoisotopic (exact) mass is 539 g/mol. The van der Waals surface area contributed by atoms with E-state index < -0.39 is 17.6 Å². The van der Waals surface area contributed by atoms with E-state index >= 15 is 0 Å². The van der Waals surface area contributed by atoms with Gasteiger partial charge in [0.25, 0.3) is 5.91 Å². The predicted octanol–water partition coefficient (Wildman–Crippen LogP) is 5.51. The Hall–Kier alpha value is -2.17. The average molecular weight is 540 g/mol. The fraction of sp³-hybridized carbons (Fsp3) is 0.630. The minimum Gasteiger partial charge on any atom is -0.492 e. The zero-order valence-corrected chi connectivity index (χ0v) is 22.8. The summed E-state index contributed by atoms with van der Waals surface area (Å²) in [4.78, 5) is 21.4. The van der Waals surface area contributed by atoms with Crippen molar-refractivity contribution in [1.29, 1.82) is 0 Å². The average Bonchev–Trinajstić information content (AvgIpc) is 3.48. The van der Waals surface area contributed by atoms with Crippen LogP contribution in [0.15, 0.2) is 29.4 Å². The first kappa shape index (κ1) is 27.9. The number of hydrogen-bond donors (Lipinski definition) is 0. The number of hydrogen-bond acceptors (Lipinski definition) is 5. The predicted molar refractivity (Wildman–Crippen MR) is 137 cm³/mol. The van der Waals surface area contributed by atoms with E-state index in [4.69, 9.17) is 9.47 Å². The number of nitrogens with zero attached hydrogens (tertiary/aromatic N) is 3. The van der Waals surface area contributed by atoms with E-state index in [2.05, 4.69) is 37.7 Å². The van der Waals surface area contributed by atoms with Gasteiger partial charge in [0.1, 0.15) is 5.75 Å². The van der Waals surface area contributed by atoms with Crippen molar-refractivity contribution >= 4 is 17.2 Å². The fourth-order valence-corrected chi connectivity index (χ4v) is 5.59. The quantitative estimate of drug-likeness (QED) is 0.486. The molecular weight excluding hydrogens is 503 g/mol. The summed E-state index contributed by atoms with van der Waals surface area (Å²) in [6.45, 7) is 9.71. The number of amides is 1. The highest BCUT2D eigenvalue weighted by Gasteiger charge is 2.32. The third kappa shape index (κ3) is 7.23. The van der Waals surface area contributed by atoms with Gasteiger partial charge in [0.15, 0.2) is 4.80 Å². The van der Waals surface area contributed by atoms with Crippen LogP contribution in [0.5, 0.6) is 5.75 Å². The lowest BCUT2D eigenvalue weighted by Gasteiger charge is -2.28. The maximum absolute atomic E-state index is 13.5. The topological polar surface area (TPSA) is 56.1 Å². The van der Waals surface area contributed by atoms with Crippen molar-refractivity contribution < 1.29 is 27.4 Å². The second-order valence-electron chi connectivity index (χ2n) is 11.1. The standard InChI is InChI=1S/C27H36F3N3O3S/c1-26(2,3)23-16-33(15-20-6-5-13-35-20)25(37-23)31-24(34)21-14-19(27(28,29)30)7-8-22(21)36-17-18-9-11-32(4)12-10-18/h7-8,14,16,18,20H,5-6,9-13,15,17H2,1-4H3/b31-25-/t20-/m1/s1. The molecular formula is C27H36F3N3O3S. The van der Waals surface area contributed by atoms with Crippen molar-refractivity contribution in [3.63, 3.8) is 0 Å². The van der Waals surface area contributed by atoms with Gasteiger partial charge in [-0.3, -0.25) is 4.79 Å². The van der Waals surface area contributed by atoms with E-state index in [1.165, 1.54) is 17.4 Å². The Kier molecular flexibility index (Phi) is 8.50. The molecule has 0 spiro atoms. The van der Waals surface area contributed by atoms with Crippen LogP contribution >= 0.6 is 11.3 Å². The lowest BCUT2D eigenvalue weighted by atomic mass is 9.95. The molecule has 37 heavy (non-hydrogen) atoms. The smallest absolute Gasteiger partial charge is 0.416 e. The Morgan fingerprint density at radius 3 is 2.54 bits per heavy atom. The molecule has 1 aromatic carbocycles. The van der Waals surface area contributed by atoms with Crippen LogP contribution in [0.1, 0.15) is 67.3 Å². The molecule has 4 rings (SSSR count). The molecule has 3 heterocycles. The first-order valence-corrected chi connectivity index (χ1v) is 13.7. The second-order valence-corrected chi connectivity index (χ2v) is 12.1. The van der Waals surface area contributed by atoms with Crippen molar-refractivity contribution in [1.82, 2.24) is 9.47 Å². The molecule has 204 valence electrons. The number of aromatic nitrogens is 1. The molecule has 0 unspecified atom stereocenters. The molecule has 0 bridgehead atoms. The number of benzene rings is 1. The number of likely N-dealkylation sites (tertiary alicyclic amines) is 1. The van der Waals surface area contributed by atoms with Crippen LogP contribution in [-0.2, 0) is 22.9 Å². The van der Waals surface area contributed by atoms with E-state index in [1.54, 1.807) is 0 Å². The van der Waals surface area contributed by atoms with E-state index in [-0.39, 0.29) is 22.8 Å². The molecule has 2 aliphatic heterocycles. The molecule has 1 atom stereocenters. The number of halogens is 3. The molecule has 2 fully saturated rings. The Morgan fingerprint density at radius 1 is 1.19 bits per heavy atom.